The largest absolute Gasteiger partial charge is 0.544 e. The number of hydrogen-bond donors (Lipinski definition) is 1. The van der Waals surface area contributed by atoms with E-state index >= 15 is 0 Å². The summed E-state index contributed by atoms with van der Waals surface area (Å²) in [6, 6.07) is 6.19. The maximum Gasteiger partial charge on any atom is 0.242 e. The van der Waals surface area contributed by atoms with Crippen molar-refractivity contribution in [3.63, 3.8) is 0 Å². The molecule has 1 rings (SSSR count). The van der Waals surface area contributed by atoms with Crippen molar-refractivity contribution in [2.24, 2.45) is 0 Å². The van der Waals surface area contributed by atoms with Crippen LogP contribution in [0.25, 0.3) is 0 Å². The van der Waals surface area contributed by atoms with Crippen LogP contribution >= 0.6 is 0 Å². The quantitative estimate of drug-likeness (QED) is 0.772. The lowest BCUT2D eigenvalue weighted by atomic mass is 10.2. The number of rotatable bonds is 3. The zero-order chi connectivity index (χ0) is 10.8. The molecule has 0 heterocycles. The van der Waals surface area contributed by atoms with Crippen molar-refractivity contribution >= 4 is 14.0 Å². The van der Waals surface area contributed by atoms with E-state index in [0.29, 0.717) is 0 Å². The molecule has 0 spiro atoms. The third-order valence-electron chi connectivity index (χ3n) is 1.88. The molecule has 0 unspecified atom stereocenters. The molecule has 0 radical (unpaired) electrons. The van der Waals surface area contributed by atoms with Crippen LogP contribution < -0.4 is 9.74 Å². The lowest BCUT2D eigenvalue weighted by Crippen LogP contribution is -2.29. The van der Waals surface area contributed by atoms with Crippen molar-refractivity contribution in [3.05, 3.63) is 23.8 Å². The fourth-order valence-electron chi connectivity index (χ4n) is 1.25. The van der Waals surface area contributed by atoms with Gasteiger partial charge in [0.2, 0.25) is 8.32 Å². The first kappa shape index (κ1) is 11.1. The Morgan fingerprint density at radius 3 is 2.29 bits per heavy atom. The lowest BCUT2D eigenvalue weighted by molar-refractivity contribution is 0.553. The smallest absolute Gasteiger partial charge is 0.242 e. The van der Waals surface area contributed by atoms with Gasteiger partial charge in [0.05, 0.1) is 0 Å². The summed E-state index contributed by atoms with van der Waals surface area (Å²) in [5, 5.41) is 3.11. The predicted octanol–water partition coefficient (Wildman–Crippen LogP) is 3.25. The summed E-state index contributed by atoms with van der Waals surface area (Å²) >= 11 is 0. The van der Waals surface area contributed by atoms with Gasteiger partial charge in [-0.25, -0.2) is 0 Å². The van der Waals surface area contributed by atoms with Crippen LogP contribution in [0.15, 0.2) is 18.2 Å². The highest BCUT2D eigenvalue weighted by molar-refractivity contribution is 6.70. The summed E-state index contributed by atoms with van der Waals surface area (Å²) < 4.78 is 5.94. The second kappa shape index (κ2) is 4.05. The van der Waals surface area contributed by atoms with Crippen molar-refractivity contribution < 1.29 is 4.43 Å². The highest BCUT2D eigenvalue weighted by atomic mass is 28.4. The number of nitrogens with one attached hydrogen (secondary N) is 1. The van der Waals surface area contributed by atoms with Gasteiger partial charge >= 0.3 is 0 Å². The minimum atomic E-state index is -1.48. The van der Waals surface area contributed by atoms with Gasteiger partial charge in [0.25, 0.3) is 0 Å². The maximum atomic E-state index is 5.94. The monoisotopic (exact) mass is 209 g/mol. The summed E-state index contributed by atoms with van der Waals surface area (Å²) in [4.78, 5) is 0. The summed E-state index contributed by atoms with van der Waals surface area (Å²) in [6.07, 6.45) is 0. The van der Waals surface area contributed by atoms with Crippen molar-refractivity contribution in [2.45, 2.75) is 26.6 Å². The van der Waals surface area contributed by atoms with Crippen LogP contribution in [0.4, 0.5) is 5.69 Å². The molecule has 0 amide bonds. The molecule has 0 saturated heterocycles. The molecule has 0 bridgehead atoms. The van der Waals surface area contributed by atoms with Crippen molar-refractivity contribution in [3.8, 4) is 5.75 Å². The fourth-order valence-corrected chi connectivity index (χ4v) is 2.14. The molecule has 0 atom stereocenters. The highest BCUT2D eigenvalue weighted by Gasteiger charge is 2.17. The summed E-state index contributed by atoms with van der Waals surface area (Å²) in [5.74, 6) is 1.02. The molecular formula is C11H19NOSi. The topological polar surface area (TPSA) is 21.3 Å². The molecule has 2 nitrogen and oxygen atoms in total. The van der Waals surface area contributed by atoms with Gasteiger partial charge in [0.15, 0.2) is 0 Å². The van der Waals surface area contributed by atoms with Gasteiger partial charge < -0.3 is 9.74 Å². The number of anilines is 1. The molecule has 0 aliphatic rings. The standard InChI is InChI=1S/C11H19NOSi/c1-9-8-10(12-2)6-7-11(9)13-14(3,4)5/h6-8,12H,1-5H3. The molecule has 0 aromatic heterocycles. The van der Waals surface area contributed by atoms with E-state index in [-0.39, 0.29) is 0 Å². The van der Waals surface area contributed by atoms with E-state index in [4.69, 9.17) is 4.43 Å². The number of aryl methyl sites for hydroxylation is 1. The predicted molar refractivity (Wildman–Crippen MR) is 64.7 cm³/mol. The summed E-state index contributed by atoms with van der Waals surface area (Å²) in [6.45, 7) is 8.66. The van der Waals surface area contributed by atoms with E-state index in [1.165, 1.54) is 5.56 Å². The Hall–Kier alpha value is -0.963. The third-order valence-corrected chi connectivity index (χ3v) is 2.71. The molecule has 1 aromatic rings. The first-order valence-corrected chi connectivity index (χ1v) is 8.30. The minimum Gasteiger partial charge on any atom is -0.544 e. The third kappa shape index (κ3) is 3.07. The zero-order valence-corrected chi connectivity index (χ0v) is 10.6. The van der Waals surface area contributed by atoms with Crippen LogP contribution in [0.1, 0.15) is 5.56 Å². The second-order valence-electron chi connectivity index (χ2n) is 4.44. The first-order valence-electron chi connectivity index (χ1n) is 4.90. The normalized spacial score (nSPS) is 11.2. The van der Waals surface area contributed by atoms with Crippen LogP contribution in [0.5, 0.6) is 5.75 Å². The summed E-state index contributed by atoms with van der Waals surface area (Å²) in [7, 11) is 0.447. The first-order chi connectivity index (χ1) is 6.42. The Morgan fingerprint density at radius 2 is 1.86 bits per heavy atom. The fraction of sp³-hybridized carbons (Fsp3) is 0.455. The molecule has 1 aromatic carbocycles. The second-order valence-corrected chi connectivity index (χ2v) is 8.87. The number of benzene rings is 1. The highest BCUT2D eigenvalue weighted by Crippen LogP contribution is 2.24. The van der Waals surface area contributed by atoms with Crippen LogP contribution in [0, 0.1) is 6.92 Å². The minimum absolute atomic E-state index is 1.02. The van der Waals surface area contributed by atoms with Gasteiger partial charge in [-0.3, -0.25) is 0 Å². The van der Waals surface area contributed by atoms with Crippen molar-refractivity contribution in [1.29, 1.82) is 0 Å². The van der Waals surface area contributed by atoms with E-state index in [2.05, 4.69) is 37.9 Å². The van der Waals surface area contributed by atoms with Gasteiger partial charge in [-0.2, -0.15) is 0 Å². The van der Waals surface area contributed by atoms with Gasteiger partial charge in [0.1, 0.15) is 5.75 Å². The number of hydrogen-bond acceptors (Lipinski definition) is 2. The van der Waals surface area contributed by atoms with Crippen molar-refractivity contribution in [2.75, 3.05) is 12.4 Å². The summed E-state index contributed by atoms with van der Waals surface area (Å²) in [5.41, 5.74) is 2.32. The van der Waals surface area contributed by atoms with Crippen LogP contribution in [0.3, 0.4) is 0 Å². The van der Waals surface area contributed by atoms with Crippen LogP contribution in [0.2, 0.25) is 19.6 Å². The molecule has 0 fully saturated rings. The van der Waals surface area contributed by atoms with Gasteiger partial charge in [-0.15, -0.1) is 0 Å². The van der Waals surface area contributed by atoms with Crippen molar-refractivity contribution in [1.82, 2.24) is 0 Å². The Labute approximate surface area is 87.4 Å². The van der Waals surface area contributed by atoms with E-state index < -0.39 is 8.32 Å². The van der Waals surface area contributed by atoms with E-state index in [0.717, 1.165) is 11.4 Å². The van der Waals surface area contributed by atoms with Crippen LogP contribution in [-0.2, 0) is 0 Å². The van der Waals surface area contributed by atoms with E-state index in [1.807, 2.05) is 19.2 Å². The molecule has 78 valence electrons. The Kier molecular flexibility index (Phi) is 3.21. The van der Waals surface area contributed by atoms with Gasteiger partial charge in [-0.1, -0.05) is 0 Å². The SMILES string of the molecule is CNc1ccc(O[Si](C)(C)C)c(C)c1. The molecule has 14 heavy (non-hydrogen) atoms. The van der Waals surface area contributed by atoms with Gasteiger partial charge in [0, 0.05) is 12.7 Å². The molecular weight excluding hydrogens is 190 g/mol. The molecule has 0 aliphatic carbocycles. The van der Waals surface area contributed by atoms with Gasteiger partial charge in [-0.05, 0) is 50.3 Å². The maximum absolute atomic E-state index is 5.94. The molecule has 3 heteroatoms. The molecule has 0 aliphatic heterocycles. The lowest BCUT2D eigenvalue weighted by Gasteiger charge is -2.21. The zero-order valence-electron chi connectivity index (χ0n) is 9.64. The Morgan fingerprint density at radius 1 is 1.21 bits per heavy atom. The average molecular weight is 209 g/mol. The Balaban J connectivity index is 2.89. The molecule has 0 saturated carbocycles. The van der Waals surface area contributed by atoms with E-state index in [9.17, 15) is 0 Å². The molecule has 1 N–H and O–H groups in total. The Bertz CT molecular complexity index is 318. The van der Waals surface area contributed by atoms with E-state index in [1.54, 1.807) is 0 Å². The average Bonchev–Trinajstić information content (AvgIpc) is 2.06. The van der Waals surface area contributed by atoms with Crippen LogP contribution in [-0.4, -0.2) is 15.4 Å².